The molecule has 0 spiro atoms. The standard InChI is InChI=1S/C17H16ClNO4/c18-13-3-1-12(2-4-13)9-17(20)19-7-8-21-14-5-6-15-16(10-14)23-11-22-15/h1-6,10H,7-9,11H2,(H,19,20). The predicted octanol–water partition coefficient (Wildman–Crippen LogP) is 2.81. The van der Waals surface area contributed by atoms with Crippen LogP contribution in [0.4, 0.5) is 0 Å². The van der Waals surface area contributed by atoms with E-state index < -0.39 is 0 Å². The number of ether oxygens (including phenoxy) is 3. The molecule has 23 heavy (non-hydrogen) atoms. The molecule has 0 fully saturated rings. The molecule has 3 rings (SSSR count). The number of halogens is 1. The van der Waals surface area contributed by atoms with Crippen LogP contribution in [0, 0.1) is 0 Å². The number of carbonyl (C=O) groups excluding carboxylic acids is 1. The average Bonchev–Trinajstić information content (AvgIpc) is 3.01. The summed E-state index contributed by atoms with van der Waals surface area (Å²) in [6, 6.07) is 12.6. The van der Waals surface area contributed by atoms with E-state index in [0.29, 0.717) is 41.8 Å². The van der Waals surface area contributed by atoms with Gasteiger partial charge in [0.25, 0.3) is 0 Å². The molecule has 0 saturated heterocycles. The van der Waals surface area contributed by atoms with Crippen LogP contribution >= 0.6 is 11.6 Å². The first-order chi connectivity index (χ1) is 11.2. The van der Waals surface area contributed by atoms with Gasteiger partial charge in [0.05, 0.1) is 13.0 Å². The SMILES string of the molecule is O=C(Cc1ccc(Cl)cc1)NCCOc1ccc2c(c1)OCO2. The van der Waals surface area contributed by atoms with Crippen molar-refractivity contribution in [3.05, 3.63) is 53.1 Å². The molecular formula is C17H16ClNO4. The van der Waals surface area contributed by atoms with Crippen molar-refractivity contribution >= 4 is 17.5 Å². The number of benzene rings is 2. The maximum atomic E-state index is 11.8. The topological polar surface area (TPSA) is 56.8 Å². The first-order valence-corrected chi connectivity index (χ1v) is 7.62. The maximum Gasteiger partial charge on any atom is 0.231 e. The number of fused-ring (bicyclic) bond motifs is 1. The summed E-state index contributed by atoms with van der Waals surface area (Å²) in [5.41, 5.74) is 0.920. The Morgan fingerprint density at radius 2 is 1.91 bits per heavy atom. The van der Waals surface area contributed by atoms with E-state index >= 15 is 0 Å². The highest BCUT2D eigenvalue weighted by molar-refractivity contribution is 6.30. The molecule has 6 heteroatoms. The van der Waals surface area contributed by atoms with Gasteiger partial charge in [0.15, 0.2) is 11.5 Å². The molecule has 0 radical (unpaired) electrons. The Morgan fingerprint density at radius 1 is 1.13 bits per heavy atom. The predicted molar refractivity (Wildman–Crippen MR) is 86.2 cm³/mol. The molecule has 5 nitrogen and oxygen atoms in total. The minimum Gasteiger partial charge on any atom is -0.492 e. The lowest BCUT2D eigenvalue weighted by atomic mass is 10.1. The molecule has 0 unspecified atom stereocenters. The average molecular weight is 334 g/mol. The fourth-order valence-electron chi connectivity index (χ4n) is 2.18. The van der Waals surface area contributed by atoms with Crippen LogP contribution in [0.25, 0.3) is 0 Å². The van der Waals surface area contributed by atoms with E-state index in [0.717, 1.165) is 5.56 Å². The minimum atomic E-state index is -0.0541. The quantitative estimate of drug-likeness (QED) is 0.826. The van der Waals surface area contributed by atoms with Gasteiger partial charge in [-0.2, -0.15) is 0 Å². The lowest BCUT2D eigenvalue weighted by Crippen LogP contribution is -2.29. The second kappa shape index (κ2) is 7.24. The monoisotopic (exact) mass is 333 g/mol. The molecule has 2 aromatic carbocycles. The molecular weight excluding hydrogens is 318 g/mol. The summed E-state index contributed by atoms with van der Waals surface area (Å²) >= 11 is 5.81. The van der Waals surface area contributed by atoms with E-state index in [-0.39, 0.29) is 12.7 Å². The Hall–Kier alpha value is -2.40. The van der Waals surface area contributed by atoms with Gasteiger partial charge in [-0.25, -0.2) is 0 Å². The maximum absolute atomic E-state index is 11.8. The summed E-state index contributed by atoms with van der Waals surface area (Å²) in [7, 11) is 0. The molecule has 1 amide bonds. The Morgan fingerprint density at radius 3 is 2.74 bits per heavy atom. The van der Waals surface area contributed by atoms with Gasteiger partial charge in [-0.15, -0.1) is 0 Å². The largest absolute Gasteiger partial charge is 0.492 e. The number of hydrogen-bond donors (Lipinski definition) is 1. The van der Waals surface area contributed by atoms with Crippen LogP contribution in [-0.2, 0) is 11.2 Å². The van der Waals surface area contributed by atoms with Crippen molar-refractivity contribution in [1.82, 2.24) is 5.32 Å². The highest BCUT2D eigenvalue weighted by atomic mass is 35.5. The van der Waals surface area contributed by atoms with Crippen molar-refractivity contribution in [3.8, 4) is 17.2 Å². The summed E-state index contributed by atoms with van der Waals surface area (Å²) in [6.45, 7) is 1.05. The van der Waals surface area contributed by atoms with Crippen molar-refractivity contribution < 1.29 is 19.0 Å². The third-order valence-electron chi connectivity index (χ3n) is 3.31. The van der Waals surface area contributed by atoms with E-state index in [1.54, 1.807) is 24.3 Å². The van der Waals surface area contributed by atoms with Gasteiger partial charge in [-0.1, -0.05) is 23.7 Å². The van der Waals surface area contributed by atoms with Crippen LogP contribution in [0.1, 0.15) is 5.56 Å². The summed E-state index contributed by atoms with van der Waals surface area (Å²) in [4.78, 5) is 11.8. The molecule has 1 aliphatic heterocycles. The smallest absolute Gasteiger partial charge is 0.231 e. The number of carbonyl (C=O) groups is 1. The Labute approximate surface area is 139 Å². The minimum absolute atomic E-state index is 0.0541. The van der Waals surface area contributed by atoms with Crippen molar-refractivity contribution in [2.75, 3.05) is 19.9 Å². The molecule has 120 valence electrons. The van der Waals surface area contributed by atoms with Gasteiger partial charge in [0, 0.05) is 11.1 Å². The molecule has 0 saturated carbocycles. The van der Waals surface area contributed by atoms with Crippen molar-refractivity contribution in [3.63, 3.8) is 0 Å². The third kappa shape index (κ3) is 4.29. The summed E-state index contributed by atoms with van der Waals surface area (Å²) < 4.78 is 16.1. The van der Waals surface area contributed by atoms with Crippen molar-refractivity contribution in [2.24, 2.45) is 0 Å². The Bertz CT molecular complexity index is 687. The second-order valence-electron chi connectivity index (χ2n) is 5.02. The highest BCUT2D eigenvalue weighted by Crippen LogP contribution is 2.34. The van der Waals surface area contributed by atoms with Crippen LogP contribution in [0.5, 0.6) is 17.2 Å². The number of nitrogens with one attached hydrogen (secondary N) is 1. The Kier molecular flexibility index (Phi) is 4.88. The van der Waals surface area contributed by atoms with Gasteiger partial charge in [-0.3, -0.25) is 4.79 Å². The molecule has 0 bridgehead atoms. The second-order valence-corrected chi connectivity index (χ2v) is 5.45. The van der Waals surface area contributed by atoms with E-state index in [1.165, 1.54) is 0 Å². The molecule has 0 aliphatic carbocycles. The fourth-order valence-corrected chi connectivity index (χ4v) is 2.30. The molecule has 0 aromatic heterocycles. The zero-order chi connectivity index (χ0) is 16.1. The number of rotatable bonds is 6. The van der Waals surface area contributed by atoms with Crippen molar-refractivity contribution in [2.45, 2.75) is 6.42 Å². The third-order valence-corrected chi connectivity index (χ3v) is 3.57. The van der Waals surface area contributed by atoms with Crippen molar-refractivity contribution in [1.29, 1.82) is 0 Å². The molecule has 0 atom stereocenters. The summed E-state index contributed by atoms with van der Waals surface area (Å²) in [5.74, 6) is 2.02. The van der Waals surface area contributed by atoms with E-state index in [4.69, 9.17) is 25.8 Å². The zero-order valence-corrected chi connectivity index (χ0v) is 13.1. The van der Waals surface area contributed by atoms with Gasteiger partial charge < -0.3 is 19.5 Å². The van der Waals surface area contributed by atoms with Crippen LogP contribution in [0.2, 0.25) is 5.02 Å². The lowest BCUT2D eigenvalue weighted by Gasteiger charge is -2.08. The molecule has 2 aromatic rings. The zero-order valence-electron chi connectivity index (χ0n) is 12.4. The van der Waals surface area contributed by atoms with Crippen LogP contribution in [0.15, 0.2) is 42.5 Å². The first kappa shape index (κ1) is 15.5. The van der Waals surface area contributed by atoms with Gasteiger partial charge in [0.1, 0.15) is 12.4 Å². The van der Waals surface area contributed by atoms with Gasteiger partial charge in [-0.05, 0) is 29.8 Å². The van der Waals surface area contributed by atoms with E-state index in [1.807, 2.05) is 18.2 Å². The Balaban J connectivity index is 1.39. The highest BCUT2D eigenvalue weighted by Gasteiger charge is 2.13. The molecule has 1 N–H and O–H groups in total. The number of amides is 1. The van der Waals surface area contributed by atoms with E-state index in [2.05, 4.69) is 5.32 Å². The van der Waals surface area contributed by atoms with Gasteiger partial charge >= 0.3 is 0 Å². The first-order valence-electron chi connectivity index (χ1n) is 7.24. The molecule has 1 aliphatic rings. The fraction of sp³-hybridized carbons (Fsp3) is 0.235. The summed E-state index contributed by atoms with van der Waals surface area (Å²) in [6.07, 6.45) is 0.321. The number of hydrogen-bond acceptors (Lipinski definition) is 4. The van der Waals surface area contributed by atoms with Crippen LogP contribution in [-0.4, -0.2) is 25.9 Å². The van der Waals surface area contributed by atoms with Gasteiger partial charge in [0.2, 0.25) is 12.7 Å². The summed E-state index contributed by atoms with van der Waals surface area (Å²) in [5, 5.41) is 3.47. The van der Waals surface area contributed by atoms with Crippen LogP contribution < -0.4 is 19.5 Å². The normalized spacial score (nSPS) is 12.0. The molecule has 1 heterocycles. The van der Waals surface area contributed by atoms with E-state index in [9.17, 15) is 4.79 Å². The lowest BCUT2D eigenvalue weighted by molar-refractivity contribution is -0.120. The van der Waals surface area contributed by atoms with Crippen LogP contribution in [0.3, 0.4) is 0 Å².